The first-order valence-corrected chi connectivity index (χ1v) is 6.84. The molecule has 0 saturated heterocycles. The molecule has 1 aliphatic carbocycles. The highest BCUT2D eigenvalue weighted by Gasteiger charge is 2.29. The number of benzene rings is 1. The highest BCUT2D eigenvalue weighted by atomic mass is 16.5. The van der Waals surface area contributed by atoms with Crippen LogP contribution in [0.4, 0.5) is 0 Å². The van der Waals surface area contributed by atoms with Crippen LogP contribution in [0.3, 0.4) is 0 Å². The fraction of sp³-hybridized carbons (Fsp3) is 0.467. The lowest BCUT2D eigenvalue weighted by atomic mass is 9.97. The molecule has 0 aliphatic heterocycles. The molecule has 1 heterocycles. The topological polar surface area (TPSA) is 64.9 Å². The second kappa shape index (κ2) is 4.78. The maximum absolute atomic E-state index is 6.31. The van der Waals surface area contributed by atoms with E-state index in [9.17, 15) is 0 Å². The van der Waals surface area contributed by atoms with Crippen molar-refractivity contribution in [2.75, 3.05) is 0 Å². The lowest BCUT2D eigenvalue weighted by molar-refractivity contribution is 0.359. The molecular weight excluding hydrogens is 238 g/mol. The normalized spacial score (nSPS) is 16.8. The van der Waals surface area contributed by atoms with Crippen molar-refractivity contribution >= 4 is 0 Å². The van der Waals surface area contributed by atoms with Crippen molar-refractivity contribution in [1.29, 1.82) is 0 Å². The van der Waals surface area contributed by atoms with Crippen molar-refractivity contribution in [2.45, 2.75) is 44.6 Å². The van der Waals surface area contributed by atoms with Gasteiger partial charge >= 0.3 is 0 Å². The Morgan fingerprint density at radius 1 is 1.26 bits per heavy atom. The van der Waals surface area contributed by atoms with E-state index >= 15 is 0 Å². The summed E-state index contributed by atoms with van der Waals surface area (Å²) < 4.78 is 5.24. The number of hydrogen-bond donors (Lipinski definition) is 1. The SMILES string of the molecule is CC(C)c1nc(C(N)c2ccccc2C2CC2)no1. The number of rotatable bonds is 4. The minimum Gasteiger partial charge on any atom is -0.339 e. The monoisotopic (exact) mass is 257 g/mol. The molecule has 2 N–H and O–H groups in total. The highest BCUT2D eigenvalue weighted by Crippen LogP contribution is 2.43. The Morgan fingerprint density at radius 2 is 2.00 bits per heavy atom. The Kier molecular flexibility index (Phi) is 3.11. The molecule has 4 nitrogen and oxygen atoms in total. The fourth-order valence-electron chi connectivity index (χ4n) is 2.31. The molecule has 1 aliphatic rings. The van der Waals surface area contributed by atoms with Crippen molar-refractivity contribution in [3.8, 4) is 0 Å². The quantitative estimate of drug-likeness (QED) is 0.914. The molecule has 1 atom stereocenters. The van der Waals surface area contributed by atoms with Crippen molar-refractivity contribution in [3.05, 3.63) is 47.1 Å². The van der Waals surface area contributed by atoms with E-state index < -0.39 is 0 Å². The summed E-state index contributed by atoms with van der Waals surface area (Å²) in [5, 5.41) is 4.02. The molecule has 1 fully saturated rings. The van der Waals surface area contributed by atoms with E-state index in [1.807, 2.05) is 19.9 Å². The summed E-state index contributed by atoms with van der Waals surface area (Å²) >= 11 is 0. The zero-order valence-corrected chi connectivity index (χ0v) is 11.3. The molecular formula is C15H19N3O. The number of hydrogen-bond acceptors (Lipinski definition) is 4. The van der Waals surface area contributed by atoms with Gasteiger partial charge in [-0.3, -0.25) is 0 Å². The van der Waals surface area contributed by atoms with Gasteiger partial charge < -0.3 is 10.3 Å². The Morgan fingerprint density at radius 3 is 2.63 bits per heavy atom. The van der Waals surface area contributed by atoms with E-state index in [-0.39, 0.29) is 12.0 Å². The second-order valence-corrected chi connectivity index (χ2v) is 5.53. The molecule has 0 bridgehead atoms. The lowest BCUT2D eigenvalue weighted by Crippen LogP contribution is -2.15. The predicted molar refractivity (Wildman–Crippen MR) is 72.8 cm³/mol. The highest BCUT2D eigenvalue weighted by molar-refractivity contribution is 5.37. The first kappa shape index (κ1) is 12.4. The van der Waals surface area contributed by atoms with Crippen LogP contribution in [-0.4, -0.2) is 10.1 Å². The first-order chi connectivity index (χ1) is 9.16. The molecule has 0 spiro atoms. The van der Waals surface area contributed by atoms with Crippen LogP contribution in [0, 0.1) is 0 Å². The lowest BCUT2D eigenvalue weighted by Gasteiger charge is -2.12. The van der Waals surface area contributed by atoms with E-state index in [4.69, 9.17) is 10.3 Å². The molecule has 19 heavy (non-hydrogen) atoms. The third-order valence-electron chi connectivity index (χ3n) is 3.58. The zero-order chi connectivity index (χ0) is 13.4. The summed E-state index contributed by atoms with van der Waals surface area (Å²) in [7, 11) is 0. The molecule has 2 aromatic rings. The van der Waals surface area contributed by atoms with Gasteiger partial charge in [0.25, 0.3) is 0 Å². The third-order valence-corrected chi connectivity index (χ3v) is 3.58. The van der Waals surface area contributed by atoms with Crippen LogP contribution in [0.2, 0.25) is 0 Å². The summed E-state index contributed by atoms with van der Waals surface area (Å²) in [6, 6.07) is 8.03. The smallest absolute Gasteiger partial charge is 0.229 e. The number of nitrogens with zero attached hydrogens (tertiary/aromatic N) is 2. The van der Waals surface area contributed by atoms with E-state index in [1.54, 1.807) is 0 Å². The van der Waals surface area contributed by atoms with Crippen molar-refractivity contribution in [1.82, 2.24) is 10.1 Å². The Balaban J connectivity index is 1.92. The maximum atomic E-state index is 6.31. The van der Waals surface area contributed by atoms with Gasteiger partial charge in [-0.25, -0.2) is 0 Å². The summed E-state index contributed by atoms with van der Waals surface area (Å²) in [6.45, 7) is 4.06. The van der Waals surface area contributed by atoms with E-state index in [2.05, 4.69) is 28.3 Å². The van der Waals surface area contributed by atoms with Crippen molar-refractivity contribution in [3.63, 3.8) is 0 Å². The molecule has 100 valence electrons. The van der Waals surface area contributed by atoms with E-state index in [1.165, 1.54) is 18.4 Å². The van der Waals surface area contributed by atoms with Crippen LogP contribution < -0.4 is 5.73 Å². The summed E-state index contributed by atoms with van der Waals surface area (Å²) in [5.74, 6) is 2.12. The van der Waals surface area contributed by atoms with Gasteiger partial charge in [0.1, 0.15) is 0 Å². The number of aromatic nitrogens is 2. The van der Waals surface area contributed by atoms with Gasteiger partial charge in [-0.15, -0.1) is 0 Å². The van der Waals surface area contributed by atoms with Crippen molar-refractivity contribution < 1.29 is 4.52 Å². The second-order valence-electron chi connectivity index (χ2n) is 5.53. The third kappa shape index (κ3) is 2.40. The molecule has 1 aromatic carbocycles. The Hall–Kier alpha value is -1.68. The maximum Gasteiger partial charge on any atom is 0.229 e. The minimum atomic E-state index is -0.298. The Bertz CT molecular complexity index is 572. The van der Waals surface area contributed by atoms with Gasteiger partial charge in [0.15, 0.2) is 5.82 Å². The van der Waals surface area contributed by atoms with Crippen molar-refractivity contribution in [2.24, 2.45) is 5.73 Å². The number of nitrogens with two attached hydrogens (primary N) is 1. The van der Waals surface area contributed by atoms with Gasteiger partial charge in [-0.2, -0.15) is 4.98 Å². The predicted octanol–water partition coefficient (Wildman–Crippen LogP) is 3.12. The van der Waals surface area contributed by atoms with Gasteiger partial charge in [-0.1, -0.05) is 43.3 Å². The fourth-order valence-corrected chi connectivity index (χ4v) is 2.31. The van der Waals surface area contributed by atoms with E-state index in [0.717, 1.165) is 5.56 Å². The van der Waals surface area contributed by atoms with Gasteiger partial charge in [0, 0.05) is 5.92 Å². The van der Waals surface area contributed by atoms with Gasteiger partial charge in [0.2, 0.25) is 5.89 Å². The molecule has 0 radical (unpaired) electrons. The summed E-state index contributed by atoms with van der Waals surface area (Å²) in [4.78, 5) is 4.40. The average molecular weight is 257 g/mol. The largest absolute Gasteiger partial charge is 0.339 e. The molecule has 0 amide bonds. The van der Waals surface area contributed by atoms with E-state index in [0.29, 0.717) is 17.6 Å². The molecule has 1 unspecified atom stereocenters. The molecule has 3 rings (SSSR count). The summed E-state index contributed by atoms with van der Waals surface area (Å²) in [6.07, 6.45) is 2.51. The standard InChI is InChI=1S/C15H19N3O/c1-9(2)15-17-14(18-19-15)13(16)12-6-4-3-5-11(12)10-7-8-10/h3-6,9-10,13H,7-8,16H2,1-2H3. The van der Waals surface area contributed by atoms with Crippen LogP contribution in [0.5, 0.6) is 0 Å². The Labute approximate surface area is 113 Å². The first-order valence-electron chi connectivity index (χ1n) is 6.84. The van der Waals surface area contributed by atoms with Crippen LogP contribution in [0.1, 0.15) is 67.4 Å². The van der Waals surface area contributed by atoms with Crippen LogP contribution in [0.25, 0.3) is 0 Å². The molecule has 1 saturated carbocycles. The molecule has 1 aromatic heterocycles. The van der Waals surface area contributed by atoms with Gasteiger partial charge in [-0.05, 0) is 29.9 Å². The zero-order valence-electron chi connectivity index (χ0n) is 11.3. The van der Waals surface area contributed by atoms with Gasteiger partial charge in [0.05, 0.1) is 6.04 Å². The molecule has 4 heteroatoms. The summed E-state index contributed by atoms with van der Waals surface area (Å²) in [5.41, 5.74) is 8.78. The van der Waals surface area contributed by atoms with Crippen LogP contribution >= 0.6 is 0 Å². The average Bonchev–Trinajstić information content (AvgIpc) is 3.14. The van der Waals surface area contributed by atoms with Crippen LogP contribution in [-0.2, 0) is 0 Å². The van der Waals surface area contributed by atoms with Crippen LogP contribution in [0.15, 0.2) is 28.8 Å². The minimum absolute atomic E-state index is 0.229.